The van der Waals surface area contributed by atoms with E-state index >= 15 is 0 Å². The molecule has 19 heavy (non-hydrogen) atoms. The summed E-state index contributed by atoms with van der Waals surface area (Å²) in [7, 11) is 0. The standard InChI is InChI=1S/C14H19ClN2OS/c1-2-3-4-5-6-13(18)17-12-9-10(15)7-8-11(12)14(16)19/h7-9H,2-6H2,1H3,(H2,16,19)(H,17,18). The van der Waals surface area contributed by atoms with Crippen molar-refractivity contribution in [2.75, 3.05) is 5.32 Å². The molecular weight excluding hydrogens is 280 g/mol. The number of carbonyl (C=O) groups excluding carboxylic acids is 1. The van der Waals surface area contributed by atoms with E-state index in [1.54, 1.807) is 18.2 Å². The summed E-state index contributed by atoms with van der Waals surface area (Å²) in [6.45, 7) is 2.14. The Morgan fingerprint density at radius 2 is 2.11 bits per heavy atom. The van der Waals surface area contributed by atoms with Crippen LogP contribution in [-0.2, 0) is 4.79 Å². The van der Waals surface area contributed by atoms with E-state index in [4.69, 9.17) is 29.6 Å². The van der Waals surface area contributed by atoms with Gasteiger partial charge in [-0.1, -0.05) is 50.0 Å². The van der Waals surface area contributed by atoms with Gasteiger partial charge in [-0.2, -0.15) is 0 Å². The quantitative estimate of drug-likeness (QED) is 0.593. The maximum absolute atomic E-state index is 11.8. The second-order valence-electron chi connectivity index (χ2n) is 4.41. The highest BCUT2D eigenvalue weighted by Gasteiger charge is 2.09. The molecule has 0 saturated heterocycles. The fraction of sp³-hybridized carbons (Fsp3) is 0.429. The number of rotatable bonds is 7. The zero-order chi connectivity index (χ0) is 14.3. The second kappa shape index (κ2) is 8.12. The molecule has 1 amide bonds. The molecule has 1 rings (SSSR count). The predicted molar refractivity (Wildman–Crippen MR) is 84.7 cm³/mol. The van der Waals surface area contributed by atoms with Gasteiger partial charge in [-0.15, -0.1) is 0 Å². The lowest BCUT2D eigenvalue weighted by molar-refractivity contribution is -0.116. The number of halogens is 1. The van der Waals surface area contributed by atoms with Crippen LogP contribution in [0.15, 0.2) is 18.2 Å². The summed E-state index contributed by atoms with van der Waals surface area (Å²) in [6.07, 6.45) is 4.78. The van der Waals surface area contributed by atoms with E-state index in [9.17, 15) is 4.79 Å². The number of unbranched alkanes of at least 4 members (excludes halogenated alkanes) is 3. The molecular formula is C14H19ClN2OS. The normalized spacial score (nSPS) is 10.2. The first-order chi connectivity index (χ1) is 9.04. The van der Waals surface area contributed by atoms with Gasteiger partial charge in [0.1, 0.15) is 4.99 Å². The highest BCUT2D eigenvalue weighted by atomic mass is 35.5. The van der Waals surface area contributed by atoms with Crippen LogP contribution >= 0.6 is 23.8 Å². The zero-order valence-corrected chi connectivity index (χ0v) is 12.6. The molecule has 0 radical (unpaired) electrons. The van der Waals surface area contributed by atoms with Crippen LogP contribution in [0.5, 0.6) is 0 Å². The lowest BCUT2D eigenvalue weighted by atomic mass is 10.1. The average Bonchev–Trinajstić information content (AvgIpc) is 2.34. The molecule has 0 aliphatic rings. The molecule has 0 heterocycles. The molecule has 5 heteroatoms. The Morgan fingerprint density at radius 1 is 1.37 bits per heavy atom. The van der Waals surface area contributed by atoms with E-state index in [2.05, 4.69) is 12.2 Å². The zero-order valence-electron chi connectivity index (χ0n) is 11.0. The summed E-state index contributed by atoms with van der Waals surface area (Å²) in [5.74, 6) is -0.0316. The van der Waals surface area contributed by atoms with Gasteiger partial charge in [-0.25, -0.2) is 0 Å². The smallest absolute Gasteiger partial charge is 0.224 e. The Bertz CT molecular complexity index is 463. The molecule has 0 fully saturated rings. The van der Waals surface area contributed by atoms with Crippen LogP contribution in [0, 0.1) is 0 Å². The summed E-state index contributed by atoms with van der Waals surface area (Å²) >= 11 is 10.9. The highest BCUT2D eigenvalue weighted by molar-refractivity contribution is 7.80. The van der Waals surface area contributed by atoms with E-state index < -0.39 is 0 Å². The van der Waals surface area contributed by atoms with Crippen molar-refractivity contribution in [2.24, 2.45) is 5.73 Å². The third-order valence-electron chi connectivity index (χ3n) is 2.78. The fourth-order valence-electron chi connectivity index (χ4n) is 1.76. The van der Waals surface area contributed by atoms with Gasteiger partial charge in [0.15, 0.2) is 0 Å². The van der Waals surface area contributed by atoms with Crippen molar-refractivity contribution in [3.8, 4) is 0 Å². The van der Waals surface area contributed by atoms with Gasteiger partial charge in [-0.3, -0.25) is 4.79 Å². The van der Waals surface area contributed by atoms with Crippen LogP contribution in [0.1, 0.15) is 44.6 Å². The Hall–Kier alpha value is -1.13. The lowest BCUT2D eigenvalue weighted by Crippen LogP contribution is -2.17. The summed E-state index contributed by atoms with van der Waals surface area (Å²) in [5.41, 5.74) is 6.84. The molecule has 0 bridgehead atoms. The number of nitrogens with one attached hydrogen (secondary N) is 1. The SMILES string of the molecule is CCCCCCC(=O)Nc1cc(Cl)ccc1C(N)=S. The van der Waals surface area contributed by atoms with E-state index in [-0.39, 0.29) is 10.9 Å². The van der Waals surface area contributed by atoms with Crippen molar-refractivity contribution < 1.29 is 4.79 Å². The Balaban J connectivity index is 2.62. The lowest BCUT2D eigenvalue weighted by Gasteiger charge is -2.10. The van der Waals surface area contributed by atoms with Gasteiger partial charge < -0.3 is 11.1 Å². The molecule has 0 aromatic heterocycles. The third-order valence-corrected chi connectivity index (χ3v) is 3.23. The Kier molecular flexibility index (Phi) is 6.81. The number of benzene rings is 1. The Labute approximate surface area is 124 Å². The van der Waals surface area contributed by atoms with E-state index in [0.29, 0.717) is 22.7 Å². The first kappa shape index (κ1) is 15.9. The van der Waals surface area contributed by atoms with E-state index in [1.165, 1.54) is 0 Å². The largest absolute Gasteiger partial charge is 0.389 e. The number of carbonyl (C=O) groups is 1. The molecule has 1 aromatic rings. The van der Waals surface area contributed by atoms with Gasteiger partial charge >= 0.3 is 0 Å². The molecule has 3 nitrogen and oxygen atoms in total. The van der Waals surface area contributed by atoms with Crippen molar-refractivity contribution in [1.29, 1.82) is 0 Å². The topological polar surface area (TPSA) is 55.1 Å². The van der Waals surface area contributed by atoms with Gasteiger partial charge in [0, 0.05) is 17.0 Å². The summed E-state index contributed by atoms with van der Waals surface area (Å²) in [6, 6.07) is 5.09. The number of hydrogen-bond acceptors (Lipinski definition) is 2. The minimum absolute atomic E-state index is 0.0316. The predicted octanol–water partition coefficient (Wildman–Crippen LogP) is 3.88. The molecule has 0 aliphatic carbocycles. The minimum atomic E-state index is -0.0316. The number of hydrogen-bond donors (Lipinski definition) is 2. The van der Waals surface area contributed by atoms with Crippen molar-refractivity contribution in [3.05, 3.63) is 28.8 Å². The molecule has 0 unspecified atom stereocenters. The summed E-state index contributed by atoms with van der Waals surface area (Å²) < 4.78 is 0. The molecule has 1 aromatic carbocycles. The number of nitrogens with two attached hydrogens (primary N) is 1. The fourth-order valence-corrected chi connectivity index (χ4v) is 2.11. The molecule has 0 saturated carbocycles. The van der Waals surface area contributed by atoms with Crippen molar-refractivity contribution >= 4 is 40.4 Å². The number of thiocarbonyl (C=S) groups is 1. The first-order valence-electron chi connectivity index (χ1n) is 6.43. The minimum Gasteiger partial charge on any atom is -0.389 e. The average molecular weight is 299 g/mol. The van der Waals surface area contributed by atoms with Crippen LogP contribution in [0.2, 0.25) is 5.02 Å². The summed E-state index contributed by atoms with van der Waals surface area (Å²) in [4.78, 5) is 12.1. The molecule has 3 N–H and O–H groups in total. The van der Waals surface area contributed by atoms with Crippen LogP contribution in [0.3, 0.4) is 0 Å². The maximum atomic E-state index is 11.8. The van der Waals surface area contributed by atoms with Gasteiger partial charge in [-0.05, 0) is 24.6 Å². The van der Waals surface area contributed by atoms with Gasteiger partial charge in [0.2, 0.25) is 5.91 Å². The van der Waals surface area contributed by atoms with Gasteiger partial charge in [0.25, 0.3) is 0 Å². The second-order valence-corrected chi connectivity index (χ2v) is 5.29. The van der Waals surface area contributed by atoms with Crippen molar-refractivity contribution in [1.82, 2.24) is 0 Å². The first-order valence-corrected chi connectivity index (χ1v) is 7.22. The van der Waals surface area contributed by atoms with Crippen LogP contribution in [0.25, 0.3) is 0 Å². The Morgan fingerprint density at radius 3 is 2.74 bits per heavy atom. The monoisotopic (exact) mass is 298 g/mol. The maximum Gasteiger partial charge on any atom is 0.224 e. The molecule has 0 spiro atoms. The van der Waals surface area contributed by atoms with Crippen LogP contribution in [-0.4, -0.2) is 10.9 Å². The van der Waals surface area contributed by atoms with Crippen LogP contribution in [0.4, 0.5) is 5.69 Å². The van der Waals surface area contributed by atoms with Crippen molar-refractivity contribution in [3.63, 3.8) is 0 Å². The van der Waals surface area contributed by atoms with E-state index in [1.807, 2.05) is 0 Å². The van der Waals surface area contributed by atoms with Crippen molar-refractivity contribution in [2.45, 2.75) is 39.0 Å². The molecule has 0 aliphatic heterocycles. The molecule has 0 atom stereocenters. The molecule has 104 valence electrons. The highest BCUT2D eigenvalue weighted by Crippen LogP contribution is 2.21. The third kappa shape index (κ3) is 5.57. The van der Waals surface area contributed by atoms with Crippen LogP contribution < -0.4 is 11.1 Å². The van der Waals surface area contributed by atoms with E-state index in [0.717, 1.165) is 25.7 Å². The number of anilines is 1. The van der Waals surface area contributed by atoms with Gasteiger partial charge in [0.05, 0.1) is 5.69 Å². The number of amides is 1. The summed E-state index contributed by atoms with van der Waals surface area (Å²) in [5, 5.41) is 3.36.